The van der Waals surface area contributed by atoms with Crippen LogP contribution in [0.3, 0.4) is 0 Å². The van der Waals surface area contributed by atoms with Gasteiger partial charge in [0, 0.05) is 16.7 Å². The molecular weight excluding hydrogens is 452 g/mol. The Labute approximate surface area is 182 Å². The Morgan fingerprint density at radius 2 is 2.06 bits per heavy atom. The summed E-state index contributed by atoms with van der Waals surface area (Å²) < 4.78 is 70.6. The molecule has 1 fully saturated rings. The highest BCUT2D eigenvalue weighted by Crippen LogP contribution is 2.43. The average Bonchev–Trinajstić information content (AvgIpc) is 3.31. The second-order valence-corrected chi connectivity index (χ2v) is 9.29. The molecular formula is C20H17ClF2N3O4S-. The van der Waals surface area contributed by atoms with Crippen LogP contribution in [0.5, 0.6) is 0 Å². The summed E-state index contributed by atoms with van der Waals surface area (Å²) in [5.41, 5.74) is -0.743. The molecule has 0 unspecified atom stereocenters. The summed E-state index contributed by atoms with van der Waals surface area (Å²) >= 11 is 6.00. The van der Waals surface area contributed by atoms with Gasteiger partial charge in [0.25, 0.3) is 0 Å². The van der Waals surface area contributed by atoms with E-state index in [1.165, 1.54) is 41.6 Å². The molecule has 2 aromatic carbocycles. The van der Waals surface area contributed by atoms with E-state index in [1.54, 1.807) is 0 Å². The number of halogens is 3. The number of ether oxygens (including phenoxy) is 1. The molecule has 4 rings (SSSR count). The number of benzene rings is 2. The van der Waals surface area contributed by atoms with Gasteiger partial charge in [0.05, 0.1) is 18.0 Å². The second kappa shape index (κ2) is 8.27. The van der Waals surface area contributed by atoms with Gasteiger partial charge in [0.15, 0.2) is 0 Å². The van der Waals surface area contributed by atoms with Crippen LogP contribution in [0.4, 0.5) is 8.78 Å². The monoisotopic (exact) mass is 468 g/mol. The van der Waals surface area contributed by atoms with Gasteiger partial charge in [-0.05, 0) is 48.6 Å². The predicted molar refractivity (Wildman–Crippen MR) is 105 cm³/mol. The first kappa shape index (κ1) is 21.8. The van der Waals surface area contributed by atoms with E-state index in [9.17, 15) is 21.8 Å². The van der Waals surface area contributed by atoms with Gasteiger partial charge in [-0.2, -0.15) is 5.10 Å². The van der Waals surface area contributed by atoms with Crippen molar-refractivity contribution in [3.8, 4) is 0 Å². The van der Waals surface area contributed by atoms with Crippen LogP contribution in [-0.4, -0.2) is 34.3 Å². The fourth-order valence-corrected chi connectivity index (χ4v) is 4.97. The lowest BCUT2D eigenvalue weighted by Crippen LogP contribution is -2.32. The van der Waals surface area contributed by atoms with Gasteiger partial charge in [-0.25, -0.2) is 26.9 Å². The van der Waals surface area contributed by atoms with E-state index in [1.807, 2.05) is 0 Å². The molecule has 164 valence electrons. The third-order valence-corrected chi connectivity index (χ3v) is 6.49. The fraction of sp³-hybridized carbons (Fsp3) is 0.300. The van der Waals surface area contributed by atoms with Crippen molar-refractivity contribution in [2.75, 3.05) is 6.61 Å². The zero-order chi connectivity index (χ0) is 22.2. The first-order valence-electron chi connectivity index (χ1n) is 9.32. The molecule has 7 nitrogen and oxygen atoms in total. The lowest BCUT2D eigenvalue weighted by molar-refractivity contribution is -0.0204. The molecule has 1 aliphatic heterocycles. The van der Waals surface area contributed by atoms with Crippen molar-refractivity contribution < 1.29 is 26.5 Å². The Hall–Kier alpha value is -2.40. The van der Waals surface area contributed by atoms with E-state index in [-0.39, 0.29) is 47.9 Å². The second-order valence-electron chi connectivity index (χ2n) is 7.50. The summed E-state index contributed by atoms with van der Waals surface area (Å²) in [6.07, 6.45) is 3.25. The van der Waals surface area contributed by atoms with Crippen LogP contribution in [-0.2, 0) is 33.4 Å². The van der Waals surface area contributed by atoms with E-state index >= 15 is 0 Å². The highest BCUT2D eigenvalue weighted by molar-refractivity contribution is 7.85. The Morgan fingerprint density at radius 1 is 1.26 bits per heavy atom. The average molecular weight is 469 g/mol. The van der Waals surface area contributed by atoms with Crippen LogP contribution in [0.25, 0.3) is 0 Å². The first-order chi connectivity index (χ1) is 14.7. The van der Waals surface area contributed by atoms with E-state index in [2.05, 4.69) is 10.1 Å². The summed E-state index contributed by atoms with van der Waals surface area (Å²) in [7, 11) is -4.70. The predicted octanol–water partition coefficient (Wildman–Crippen LogP) is 3.29. The van der Waals surface area contributed by atoms with Crippen molar-refractivity contribution in [1.82, 2.24) is 14.8 Å². The van der Waals surface area contributed by atoms with Gasteiger partial charge in [-0.3, -0.25) is 0 Å². The van der Waals surface area contributed by atoms with Crippen molar-refractivity contribution in [3.63, 3.8) is 0 Å². The van der Waals surface area contributed by atoms with Crippen LogP contribution >= 0.6 is 11.6 Å². The van der Waals surface area contributed by atoms with Crippen LogP contribution in [0.1, 0.15) is 17.5 Å². The number of rotatable bonds is 6. The van der Waals surface area contributed by atoms with Crippen molar-refractivity contribution in [2.24, 2.45) is 5.92 Å². The fourth-order valence-electron chi connectivity index (χ4n) is 4.07. The smallest absolute Gasteiger partial charge is 0.137 e. The zero-order valence-electron chi connectivity index (χ0n) is 16.0. The van der Waals surface area contributed by atoms with Crippen LogP contribution in [0.15, 0.2) is 53.9 Å². The largest absolute Gasteiger partial charge is 0.744 e. The van der Waals surface area contributed by atoms with Crippen molar-refractivity contribution in [1.29, 1.82) is 0 Å². The van der Waals surface area contributed by atoms with Crippen LogP contribution < -0.4 is 0 Å². The molecule has 0 saturated carbocycles. The van der Waals surface area contributed by atoms with Crippen molar-refractivity contribution >= 4 is 21.7 Å². The maximum atomic E-state index is 14.7. The highest BCUT2D eigenvalue weighted by Gasteiger charge is 2.44. The number of aromatic nitrogens is 3. The maximum Gasteiger partial charge on any atom is 0.137 e. The Balaban J connectivity index is 1.68. The molecule has 0 aliphatic carbocycles. The highest BCUT2D eigenvalue weighted by atomic mass is 35.5. The number of hydrogen-bond donors (Lipinski definition) is 0. The molecule has 0 amide bonds. The quantitative estimate of drug-likeness (QED) is 0.515. The normalized spacial score (nSPS) is 21.5. The standard InChI is InChI=1S/C20H18ClF2N3O4S/c21-15-1-4-19(31(27,28)29)14(6-15)5-13-8-20(30-9-13,10-26-12-24-11-25-26)17-3-2-16(22)7-18(17)23/h1-4,6-7,11-13H,5,8-10H2,(H,27,28,29)/p-1/t13-,20-/m0/s1. The minimum absolute atomic E-state index is 0.119. The van der Waals surface area contributed by atoms with E-state index < -0.39 is 27.4 Å². The minimum atomic E-state index is -4.70. The Morgan fingerprint density at radius 3 is 2.74 bits per heavy atom. The Kier molecular flexibility index (Phi) is 5.82. The molecule has 2 heterocycles. The summed E-state index contributed by atoms with van der Waals surface area (Å²) in [5.74, 6) is -1.73. The molecule has 1 aromatic heterocycles. The number of nitrogens with zero attached hydrogens (tertiary/aromatic N) is 3. The lowest BCUT2D eigenvalue weighted by atomic mass is 9.84. The van der Waals surface area contributed by atoms with Crippen LogP contribution in [0, 0.1) is 17.6 Å². The minimum Gasteiger partial charge on any atom is -0.744 e. The van der Waals surface area contributed by atoms with Gasteiger partial charge >= 0.3 is 0 Å². The zero-order valence-corrected chi connectivity index (χ0v) is 17.6. The van der Waals surface area contributed by atoms with Gasteiger partial charge in [0.2, 0.25) is 0 Å². The SMILES string of the molecule is O=S(=O)([O-])c1ccc(Cl)cc1C[C@@H]1CO[C@@](Cn2cncn2)(c2ccc(F)cc2F)C1. The number of hydrogen-bond acceptors (Lipinski definition) is 6. The molecule has 0 N–H and O–H groups in total. The van der Waals surface area contributed by atoms with E-state index in [4.69, 9.17) is 16.3 Å². The van der Waals surface area contributed by atoms with Gasteiger partial charge in [-0.1, -0.05) is 17.7 Å². The summed E-state index contributed by atoms with van der Waals surface area (Å²) in [6.45, 7) is 0.282. The summed E-state index contributed by atoms with van der Waals surface area (Å²) in [4.78, 5) is 3.54. The molecule has 1 aliphatic rings. The lowest BCUT2D eigenvalue weighted by Gasteiger charge is -2.29. The summed E-state index contributed by atoms with van der Waals surface area (Å²) in [5, 5.41) is 4.35. The summed E-state index contributed by atoms with van der Waals surface area (Å²) in [6, 6.07) is 7.21. The van der Waals surface area contributed by atoms with Gasteiger partial charge < -0.3 is 9.29 Å². The van der Waals surface area contributed by atoms with Crippen molar-refractivity contribution in [2.45, 2.75) is 29.9 Å². The Bertz CT molecular complexity index is 1210. The van der Waals surface area contributed by atoms with E-state index in [0.717, 1.165) is 12.1 Å². The molecule has 0 spiro atoms. The molecule has 11 heteroatoms. The molecule has 31 heavy (non-hydrogen) atoms. The van der Waals surface area contributed by atoms with Gasteiger partial charge in [0.1, 0.15) is 40.0 Å². The molecule has 0 bridgehead atoms. The molecule has 3 aromatic rings. The molecule has 2 atom stereocenters. The van der Waals surface area contributed by atoms with Crippen molar-refractivity contribution in [3.05, 3.63) is 76.8 Å². The molecule has 1 saturated heterocycles. The van der Waals surface area contributed by atoms with E-state index in [0.29, 0.717) is 5.02 Å². The first-order valence-corrected chi connectivity index (χ1v) is 11.1. The third kappa shape index (κ3) is 4.62. The maximum absolute atomic E-state index is 14.7. The third-order valence-electron chi connectivity index (χ3n) is 5.32. The topological polar surface area (TPSA) is 97.1 Å². The van der Waals surface area contributed by atoms with Crippen LogP contribution in [0.2, 0.25) is 5.02 Å². The molecule has 0 radical (unpaired) electrons. The van der Waals surface area contributed by atoms with Gasteiger partial charge in [-0.15, -0.1) is 0 Å².